The highest BCUT2D eigenvalue weighted by atomic mass is 16.6. The lowest BCUT2D eigenvalue weighted by molar-refractivity contribution is -0.126. The van der Waals surface area contributed by atoms with Crippen molar-refractivity contribution in [3.8, 4) is 0 Å². The minimum Gasteiger partial charge on any atom is -0.394 e. The zero-order valence-corrected chi connectivity index (χ0v) is 8.61. The molecule has 7 nitrogen and oxygen atoms in total. The van der Waals surface area contributed by atoms with Gasteiger partial charge in [-0.3, -0.25) is 9.63 Å². The molecule has 0 aliphatic carbocycles. The van der Waals surface area contributed by atoms with E-state index in [1.165, 1.54) is 0 Å². The standard InChI is InChI=1S/C8H18N2O5/c9-15-7-8(12)10-1-3-13-5-6-14-4-2-11/h11H,1-7,9H2,(H,10,12). The summed E-state index contributed by atoms with van der Waals surface area (Å²) in [5.74, 6) is 4.42. The van der Waals surface area contributed by atoms with Crippen molar-refractivity contribution >= 4 is 5.91 Å². The van der Waals surface area contributed by atoms with Crippen LogP contribution in [0.1, 0.15) is 0 Å². The maximum Gasteiger partial charge on any atom is 0.248 e. The van der Waals surface area contributed by atoms with E-state index in [-0.39, 0.29) is 19.1 Å². The van der Waals surface area contributed by atoms with Crippen LogP contribution in [0.3, 0.4) is 0 Å². The highest BCUT2D eigenvalue weighted by Crippen LogP contribution is 1.78. The van der Waals surface area contributed by atoms with Gasteiger partial charge in [0.05, 0.1) is 33.0 Å². The molecule has 0 aromatic carbocycles. The third-order valence-electron chi connectivity index (χ3n) is 1.39. The summed E-state index contributed by atoms with van der Waals surface area (Å²) in [4.78, 5) is 14.9. The SMILES string of the molecule is NOCC(=O)NCCOCCOCCO. The van der Waals surface area contributed by atoms with Crippen molar-refractivity contribution in [3.05, 3.63) is 0 Å². The van der Waals surface area contributed by atoms with Crippen molar-refractivity contribution in [1.29, 1.82) is 0 Å². The van der Waals surface area contributed by atoms with Crippen molar-refractivity contribution < 1.29 is 24.2 Å². The number of nitrogens with two attached hydrogens (primary N) is 1. The number of rotatable bonds is 10. The Kier molecular flexibility index (Phi) is 10.8. The third kappa shape index (κ3) is 11.2. The van der Waals surface area contributed by atoms with E-state index in [9.17, 15) is 4.79 Å². The molecule has 4 N–H and O–H groups in total. The molecule has 90 valence electrons. The highest BCUT2D eigenvalue weighted by molar-refractivity contribution is 5.77. The second-order valence-corrected chi connectivity index (χ2v) is 2.61. The molecule has 0 aromatic rings. The minimum absolute atomic E-state index is 0.00907. The smallest absolute Gasteiger partial charge is 0.248 e. The Bertz CT molecular complexity index is 156. The molecule has 0 aromatic heterocycles. The first-order valence-corrected chi connectivity index (χ1v) is 4.66. The van der Waals surface area contributed by atoms with Crippen LogP contribution in [-0.4, -0.2) is 57.2 Å². The Morgan fingerprint density at radius 1 is 1.20 bits per heavy atom. The fourth-order valence-corrected chi connectivity index (χ4v) is 0.776. The fourth-order valence-electron chi connectivity index (χ4n) is 0.776. The van der Waals surface area contributed by atoms with E-state index in [4.69, 9.17) is 20.5 Å². The van der Waals surface area contributed by atoms with Crippen LogP contribution >= 0.6 is 0 Å². The fraction of sp³-hybridized carbons (Fsp3) is 0.875. The Labute approximate surface area is 88.4 Å². The van der Waals surface area contributed by atoms with E-state index in [2.05, 4.69) is 10.2 Å². The molecule has 0 rings (SSSR count). The molecular weight excluding hydrogens is 204 g/mol. The number of aliphatic hydroxyl groups is 1. The van der Waals surface area contributed by atoms with Crippen LogP contribution in [0.15, 0.2) is 0 Å². The number of ether oxygens (including phenoxy) is 2. The number of carbonyl (C=O) groups is 1. The van der Waals surface area contributed by atoms with Crippen LogP contribution in [0.2, 0.25) is 0 Å². The van der Waals surface area contributed by atoms with Crippen molar-refractivity contribution in [1.82, 2.24) is 5.32 Å². The van der Waals surface area contributed by atoms with Crippen LogP contribution in [0.25, 0.3) is 0 Å². The largest absolute Gasteiger partial charge is 0.394 e. The zero-order valence-electron chi connectivity index (χ0n) is 8.61. The van der Waals surface area contributed by atoms with Gasteiger partial charge in [0.25, 0.3) is 0 Å². The predicted molar refractivity (Wildman–Crippen MR) is 51.9 cm³/mol. The average Bonchev–Trinajstić information content (AvgIpc) is 2.22. The molecule has 1 amide bonds. The summed E-state index contributed by atoms with van der Waals surface area (Å²) in [5, 5.41) is 10.9. The van der Waals surface area contributed by atoms with Gasteiger partial charge in [-0.15, -0.1) is 0 Å². The lowest BCUT2D eigenvalue weighted by atomic mass is 10.6. The van der Waals surface area contributed by atoms with Crippen LogP contribution in [-0.2, 0) is 19.1 Å². The van der Waals surface area contributed by atoms with E-state index >= 15 is 0 Å². The molecule has 0 radical (unpaired) electrons. The molecule has 0 aliphatic rings. The third-order valence-corrected chi connectivity index (χ3v) is 1.39. The second-order valence-electron chi connectivity index (χ2n) is 2.61. The average molecular weight is 222 g/mol. The molecule has 0 bridgehead atoms. The van der Waals surface area contributed by atoms with Gasteiger partial charge in [-0.25, -0.2) is 5.90 Å². The molecule has 0 saturated heterocycles. The second kappa shape index (κ2) is 11.3. The van der Waals surface area contributed by atoms with E-state index < -0.39 is 0 Å². The van der Waals surface area contributed by atoms with Crippen LogP contribution in [0.5, 0.6) is 0 Å². The number of nitrogens with one attached hydrogen (secondary N) is 1. The Hall–Kier alpha value is -0.730. The quantitative estimate of drug-likeness (QED) is 0.292. The monoisotopic (exact) mass is 222 g/mol. The van der Waals surface area contributed by atoms with Gasteiger partial charge in [0.15, 0.2) is 0 Å². The van der Waals surface area contributed by atoms with Crippen molar-refractivity contribution in [2.45, 2.75) is 0 Å². The highest BCUT2D eigenvalue weighted by Gasteiger charge is 1.98. The van der Waals surface area contributed by atoms with Gasteiger partial charge in [0.1, 0.15) is 6.61 Å². The Morgan fingerprint density at radius 2 is 1.87 bits per heavy atom. The molecule has 0 spiro atoms. The summed E-state index contributed by atoms with van der Waals surface area (Å²) in [5.41, 5.74) is 0. The van der Waals surface area contributed by atoms with Crippen molar-refractivity contribution in [2.75, 3.05) is 46.2 Å². The number of hydrogen-bond acceptors (Lipinski definition) is 6. The van der Waals surface area contributed by atoms with E-state index in [0.717, 1.165) is 0 Å². The van der Waals surface area contributed by atoms with Gasteiger partial charge in [0.2, 0.25) is 5.91 Å². The van der Waals surface area contributed by atoms with Crippen molar-refractivity contribution in [3.63, 3.8) is 0 Å². The Morgan fingerprint density at radius 3 is 2.47 bits per heavy atom. The Balaban J connectivity index is 3.01. The molecule has 0 atom stereocenters. The molecule has 0 fully saturated rings. The maximum absolute atomic E-state index is 10.8. The minimum atomic E-state index is -0.280. The normalized spacial score (nSPS) is 10.3. The predicted octanol–water partition coefficient (Wildman–Crippen LogP) is -1.98. The summed E-state index contributed by atoms with van der Waals surface area (Å²) in [7, 11) is 0. The van der Waals surface area contributed by atoms with Gasteiger partial charge in [-0.2, -0.15) is 0 Å². The first-order chi connectivity index (χ1) is 7.31. The number of aliphatic hydroxyl groups excluding tert-OH is 1. The van der Waals surface area contributed by atoms with Crippen LogP contribution in [0.4, 0.5) is 0 Å². The molecule has 0 heterocycles. The summed E-state index contributed by atoms with van der Waals surface area (Å²) in [6.07, 6.45) is 0. The first kappa shape index (κ1) is 14.3. The zero-order chi connectivity index (χ0) is 11.4. The van der Waals surface area contributed by atoms with Gasteiger partial charge in [-0.1, -0.05) is 0 Å². The molecule has 0 unspecified atom stereocenters. The molecule has 15 heavy (non-hydrogen) atoms. The van der Waals surface area contributed by atoms with Crippen molar-refractivity contribution in [2.24, 2.45) is 5.90 Å². The summed E-state index contributed by atoms with van der Waals surface area (Å²) < 4.78 is 10.1. The van der Waals surface area contributed by atoms with E-state index in [1.54, 1.807) is 0 Å². The summed E-state index contributed by atoms with van der Waals surface area (Å²) in [6.45, 7) is 1.84. The lowest BCUT2D eigenvalue weighted by Gasteiger charge is -2.06. The maximum atomic E-state index is 10.8. The molecule has 7 heteroatoms. The van der Waals surface area contributed by atoms with E-state index in [0.29, 0.717) is 33.0 Å². The van der Waals surface area contributed by atoms with Crippen LogP contribution < -0.4 is 11.2 Å². The first-order valence-electron chi connectivity index (χ1n) is 4.66. The number of carbonyl (C=O) groups excluding carboxylic acids is 1. The lowest BCUT2D eigenvalue weighted by Crippen LogP contribution is -2.31. The van der Waals surface area contributed by atoms with Gasteiger partial charge < -0.3 is 19.9 Å². The number of hydrogen-bond donors (Lipinski definition) is 3. The van der Waals surface area contributed by atoms with E-state index in [1.807, 2.05) is 0 Å². The molecular formula is C8H18N2O5. The molecule has 0 saturated carbocycles. The summed E-state index contributed by atoms with van der Waals surface area (Å²) >= 11 is 0. The molecule has 0 aliphatic heterocycles. The van der Waals surface area contributed by atoms with Crippen LogP contribution in [0, 0.1) is 0 Å². The topological polar surface area (TPSA) is 103 Å². The summed E-state index contributed by atoms with van der Waals surface area (Å²) in [6, 6.07) is 0. The number of amides is 1. The van der Waals surface area contributed by atoms with Gasteiger partial charge in [0, 0.05) is 6.54 Å². The van der Waals surface area contributed by atoms with Gasteiger partial charge >= 0.3 is 0 Å². The van der Waals surface area contributed by atoms with Gasteiger partial charge in [-0.05, 0) is 0 Å².